The van der Waals surface area contributed by atoms with Crippen LogP contribution in [0.4, 0.5) is 11.4 Å². The van der Waals surface area contributed by atoms with Gasteiger partial charge in [0.05, 0.1) is 16.1 Å². The Labute approximate surface area is 174 Å². The second-order valence-electron chi connectivity index (χ2n) is 5.99. The summed E-state index contributed by atoms with van der Waals surface area (Å²) >= 11 is 5.76. The highest BCUT2D eigenvalue weighted by atomic mass is 35.5. The average Bonchev–Trinajstić information content (AvgIpc) is 2.66. The third-order valence-corrected chi connectivity index (χ3v) is 5.27. The first-order valence-electron chi connectivity index (χ1n) is 8.01. The normalized spacial score (nSPS) is 11.8. The first-order valence-corrected chi connectivity index (χ1v) is 9.83. The Morgan fingerprint density at radius 3 is 2.30 bits per heavy atom. The molecule has 0 saturated carbocycles. The summed E-state index contributed by atoms with van der Waals surface area (Å²) in [5.41, 5.74) is 3.77. The second-order valence-corrected chi connectivity index (χ2v) is 7.78. The van der Waals surface area contributed by atoms with Crippen LogP contribution in [-0.4, -0.2) is 35.1 Å². The topological polar surface area (TPSA) is 180 Å². The van der Waals surface area contributed by atoms with Gasteiger partial charge in [-0.2, -0.15) is 8.42 Å². The number of azo groups is 1. The molecule has 0 saturated heterocycles. The molecule has 0 aliphatic heterocycles. The van der Waals surface area contributed by atoms with Crippen LogP contribution in [0.25, 0.3) is 10.8 Å². The fraction of sp³-hybridized carbons (Fsp3) is 0. The Bertz CT molecular complexity index is 1350. The van der Waals surface area contributed by atoms with Gasteiger partial charge in [0.2, 0.25) is 0 Å². The average molecular weight is 450 g/mol. The zero-order valence-corrected chi connectivity index (χ0v) is 16.3. The van der Waals surface area contributed by atoms with Crippen LogP contribution in [0.3, 0.4) is 0 Å². The van der Waals surface area contributed by atoms with Gasteiger partial charge in [0, 0.05) is 5.39 Å². The zero-order chi connectivity index (χ0) is 22.2. The van der Waals surface area contributed by atoms with Crippen LogP contribution >= 0.6 is 11.6 Å². The van der Waals surface area contributed by atoms with Gasteiger partial charge in [-0.05, 0) is 23.6 Å². The highest BCUT2D eigenvalue weighted by Crippen LogP contribution is 2.40. The van der Waals surface area contributed by atoms with E-state index in [0.717, 1.165) is 6.07 Å². The molecule has 30 heavy (non-hydrogen) atoms. The van der Waals surface area contributed by atoms with Crippen molar-refractivity contribution in [2.75, 3.05) is 0 Å². The SMILES string of the molecule is NC(=O)c1cc2ccccc2c(N=Nc2cc(C(=O)O)c(Cl)cc2S(=O)(=O)O)c1O. The van der Waals surface area contributed by atoms with Crippen LogP contribution in [0.1, 0.15) is 20.7 Å². The smallest absolute Gasteiger partial charge is 0.337 e. The highest BCUT2D eigenvalue weighted by molar-refractivity contribution is 7.86. The van der Waals surface area contributed by atoms with E-state index < -0.39 is 48.9 Å². The minimum absolute atomic E-state index is 0.213. The molecule has 5 N–H and O–H groups in total. The van der Waals surface area contributed by atoms with Crippen LogP contribution in [0.2, 0.25) is 5.02 Å². The number of hydrogen-bond donors (Lipinski definition) is 4. The van der Waals surface area contributed by atoms with Crippen molar-refractivity contribution in [3.05, 3.63) is 58.6 Å². The zero-order valence-electron chi connectivity index (χ0n) is 14.8. The molecule has 0 heterocycles. The molecule has 0 aliphatic carbocycles. The fourth-order valence-electron chi connectivity index (χ4n) is 2.70. The maximum Gasteiger partial charge on any atom is 0.337 e. The minimum atomic E-state index is -4.84. The fourth-order valence-corrected chi connectivity index (χ4v) is 3.64. The van der Waals surface area contributed by atoms with Crippen molar-refractivity contribution in [2.45, 2.75) is 4.90 Å². The number of halogens is 1. The number of primary amides is 1. The van der Waals surface area contributed by atoms with Gasteiger partial charge in [0.15, 0.2) is 5.75 Å². The Morgan fingerprint density at radius 1 is 1.03 bits per heavy atom. The van der Waals surface area contributed by atoms with Gasteiger partial charge in [-0.3, -0.25) is 9.35 Å². The van der Waals surface area contributed by atoms with Crippen LogP contribution in [0.15, 0.2) is 57.6 Å². The summed E-state index contributed by atoms with van der Waals surface area (Å²) in [6.07, 6.45) is 0. The number of carbonyl (C=O) groups is 2. The quantitative estimate of drug-likeness (QED) is 0.338. The first-order chi connectivity index (χ1) is 14.0. The Hall–Kier alpha value is -3.54. The molecule has 12 heteroatoms. The molecule has 0 atom stereocenters. The van der Waals surface area contributed by atoms with E-state index in [2.05, 4.69) is 10.2 Å². The summed E-state index contributed by atoms with van der Waals surface area (Å²) in [6.45, 7) is 0. The lowest BCUT2D eigenvalue weighted by atomic mass is 10.0. The number of benzene rings is 3. The van der Waals surface area contributed by atoms with E-state index in [-0.39, 0.29) is 11.3 Å². The number of carboxylic acid groups (broad SMARTS) is 1. The minimum Gasteiger partial charge on any atom is -0.505 e. The van der Waals surface area contributed by atoms with Crippen molar-refractivity contribution in [3.63, 3.8) is 0 Å². The molecule has 0 fully saturated rings. The van der Waals surface area contributed by atoms with Crippen LogP contribution in [0, 0.1) is 0 Å². The van der Waals surface area contributed by atoms with E-state index in [0.29, 0.717) is 16.8 Å². The molecule has 0 bridgehead atoms. The standard InChI is InChI=1S/C18H12ClN3O7S/c19-12-7-14(30(27,28)29)13(6-10(12)18(25)26)21-22-15-9-4-2-1-3-8(9)5-11(16(15)23)17(20)24/h1-7,23H,(H2,20,24)(H,25,26)(H,27,28,29). The summed E-state index contributed by atoms with van der Waals surface area (Å²) in [4.78, 5) is 22.1. The molecule has 0 radical (unpaired) electrons. The molecule has 0 aromatic heterocycles. The number of carbonyl (C=O) groups excluding carboxylic acids is 1. The highest BCUT2D eigenvalue weighted by Gasteiger charge is 2.22. The van der Waals surface area contributed by atoms with Gasteiger partial charge in [-0.1, -0.05) is 35.9 Å². The van der Waals surface area contributed by atoms with Crippen molar-refractivity contribution >= 4 is 55.7 Å². The number of phenols is 1. The number of nitrogens with zero attached hydrogens (tertiary/aromatic N) is 2. The lowest BCUT2D eigenvalue weighted by Crippen LogP contribution is -2.11. The lowest BCUT2D eigenvalue weighted by molar-refractivity contribution is 0.0696. The van der Waals surface area contributed by atoms with Gasteiger partial charge in [0.1, 0.15) is 16.3 Å². The van der Waals surface area contributed by atoms with Gasteiger partial charge in [-0.15, -0.1) is 10.2 Å². The third kappa shape index (κ3) is 3.94. The molecule has 0 aliphatic rings. The summed E-state index contributed by atoms with van der Waals surface area (Å²) < 4.78 is 32.7. The summed E-state index contributed by atoms with van der Waals surface area (Å²) in [5, 5.41) is 27.5. The molecule has 3 rings (SSSR count). The Kier molecular flexibility index (Phi) is 5.44. The van der Waals surface area contributed by atoms with Crippen LogP contribution in [0.5, 0.6) is 5.75 Å². The summed E-state index contributed by atoms with van der Waals surface area (Å²) in [6, 6.07) is 9.33. The molecular weight excluding hydrogens is 438 g/mol. The third-order valence-electron chi connectivity index (χ3n) is 4.08. The van der Waals surface area contributed by atoms with E-state index in [1.807, 2.05) is 0 Å². The van der Waals surface area contributed by atoms with Crippen LogP contribution in [-0.2, 0) is 10.1 Å². The van der Waals surface area contributed by atoms with Crippen molar-refractivity contribution in [1.29, 1.82) is 0 Å². The molecule has 154 valence electrons. The first kappa shape index (κ1) is 21.2. The Balaban J connectivity index is 2.30. The summed E-state index contributed by atoms with van der Waals surface area (Å²) in [5.74, 6) is -3.01. The Morgan fingerprint density at radius 2 is 1.70 bits per heavy atom. The van der Waals surface area contributed by atoms with Crippen molar-refractivity contribution in [3.8, 4) is 5.75 Å². The molecule has 0 spiro atoms. The predicted molar refractivity (Wildman–Crippen MR) is 107 cm³/mol. The molecule has 10 nitrogen and oxygen atoms in total. The largest absolute Gasteiger partial charge is 0.505 e. The van der Waals surface area contributed by atoms with E-state index >= 15 is 0 Å². The van der Waals surface area contributed by atoms with Crippen molar-refractivity contribution < 1.29 is 32.8 Å². The van der Waals surface area contributed by atoms with Crippen molar-refractivity contribution in [2.24, 2.45) is 16.0 Å². The van der Waals surface area contributed by atoms with Gasteiger partial charge in [-0.25, -0.2) is 4.79 Å². The van der Waals surface area contributed by atoms with Crippen molar-refractivity contribution in [1.82, 2.24) is 0 Å². The molecule has 0 unspecified atom stereocenters. The van der Waals surface area contributed by atoms with E-state index in [9.17, 15) is 32.8 Å². The van der Waals surface area contributed by atoms with Gasteiger partial charge < -0.3 is 15.9 Å². The van der Waals surface area contributed by atoms with Gasteiger partial charge in [0.25, 0.3) is 16.0 Å². The monoisotopic (exact) mass is 449 g/mol. The van der Waals surface area contributed by atoms with E-state index in [1.54, 1.807) is 24.3 Å². The molecule has 3 aromatic rings. The van der Waals surface area contributed by atoms with Gasteiger partial charge >= 0.3 is 5.97 Å². The maximum atomic E-state index is 11.7. The predicted octanol–water partition coefficient (Wildman–Crippen LogP) is 3.66. The number of rotatable bonds is 5. The number of amides is 1. The molecule has 3 aromatic carbocycles. The maximum absolute atomic E-state index is 11.7. The van der Waals surface area contributed by atoms with E-state index in [1.165, 1.54) is 6.07 Å². The summed E-state index contributed by atoms with van der Waals surface area (Å²) in [7, 11) is -4.84. The number of hydrogen-bond acceptors (Lipinski definition) is 7. The number of aromatic carboxylic acids is 1. The molecule has 1 amide bonds. The number of carboxylic acids is 1. The van der Waals surface area contributed by atoms with E-state index in [4.69, 9.17) is 17.3 Å². The number of nitrogens with two attached hydrogens (primary N) is 1. The molecular formula is C18H12ClN3O7S. The number of fused-ring (bicyclic) bond motifs is 1. The lowest BCUT2D eigenvalue weighted by Gasteiger charge is -2.09. The number of aromatic hydroxyl groups is 1. The second kappa shape index (κ2) is 7.71. The van der Waals surface area contributed by atoms with Crippen LogP contribution < -0.4 is 5.73 Å².